The highest BCUT2D eigenvalue weighted by Gasteiger charge is 2.24. The standard InChI is InChI=1S/C18H16N2O2/c21-13-19-12-11-17(20-14-22)18(15-7-3-1-4-8-15)16-9-5-2-6-10-16/h1-10,17-18H,11-12H2. The summed E-state index contributed by atoms with van der Waals surface area (Å²) in [6.45, 7) is 0.287. The fourth-order valence-electron chi connectivity index (χ4n) is 2.57. The minimum Gasteiger partial charge on any atom is -0.211 e. The molecule has 0 amide bonds. The minimum absolute atomic E-state index is 0.0781. The largest absolute Gasteiger partial charge is 0.235 e. The third-order valence-corrected chi connectivity index (χ3v) is 3.52. The average molecular weight is 292 g/mol. The molecular weight excluding hydrogens is 276 g/mol. The number of hydrogen-bond donors (Lipinski definition) is 0. The van der Waals surface area contributed by atoms with Crippen molar-refractivity contribution in [2.24, 2.45) is 9.98 Å². The van der Waals surface area contributed by atoms with Gasteiger partial charge in [0, 0.05) is 5.92 Å². The Morgan fingerprint density at radius 1 is 0.818 bits per heavy atom. The average Bonchev–Trinajstić information content (AvgIpc) is 2.57. The normalized spacial score (nSPS) is 11.3. The zero-order valence-corrected chi connectivity index (χ0v) is 12.1. The first kappa shape index (κ1) is 15.6. The monoisotopic (exact) mass is 292 g/mol. The van der Waals surface area contributed by atoms with Gasteiger partial charge < -0.3 is 0 Å². The smallest absolute Gasteiger partial charge is 0.211 e. The van der Waals surface area contributed by atoms with E-state index in [0.717, 1.165) is 11.1 Å². The lowest BCUT2D eigenvalue weighted by atomic mass is 9.84. The lowest BCUT2D eigenvalue weighted by Gasteiger charge is -2.23. The fraction of sp³-hybridized carbons (Fsp3) is 0.222. The van der Waals surface area contributed by atoms with Gasteiger partial charge >= 0.3 is 0 Å². The highest BCUT2D eigenvalue weighted by molar-refractivity contribution is 5.39. The summed E-state index contributed by atoms with van der Waals surface area (Å²) >= 11 is 0. The first-order valence-corrected chi connectivity index (χ1v) is 7.07. The minimum atomic E-state index is -0.320. The lowest BCUT2D eigenvalue weighted by Crippen LogP contribution is -2.19. The zero-order valence-electron chi connectivity index (χ0n) is 12.1. The summed E-state index contributed by atoms with van der Waals surface area (Å²) in [6.07, 6.45) is 3.65. The summed E-state index contributed by atoms with van der Waals surface area (Å²) in [5.41, 5.74) is 2.13. The van der Waals surface area contributed by atoms with Crippen molar-refractivity contribution >= 4 is 12.2 Å². The summed E-state index contributed by atoms with van der Waals surface area (Å²) in [4.78, 5) is 28.6. The van der Waals surface area contributed by atoms with Crippen molar-refractivity contribution in [3.63, 3.8) is 0 Å². The fourth-order valence-corrected chi connectivity index (χ4v) is 2.57. The third-order valence-electron chi connectivity index (χ3n) is 3.52. The van der Waals surface area contributed by atoms with Crippen LogP contribution in [-0.4, -0.2) is 24.7 Å². The second-order valence-corrected chi connectivity index (χ2v) is 4.85. The Bertz CT molecular complexity index is 633. The van der Waals surface area contributed by atoms with Crippen LogP contribution in [0.3, 0.4) is 0 Å². The van der Waals surface area contributed by atoms with Crippen LogP contribution in [0.25, 0.3) is 0 Å². The van der Waals surface area contributed by atoms with Crippen molar-refractivity contribution in [1.82, 2.24) is 0 Å². The van der Waals surface area contributed by atoms with Gasteiger partial charge in [-0.25, -0.2) is 19.6 Å². The zero-order chi connectivity index (χ0) is 15.6. The predicted molar refractivity (Wildman–Crippen MR) is 84.2 cm³/mol. The molecule has 0 bridgehead atoms. The number of carbonyl (C=O) groups excluding carboxylic acids is 2. The van der Waals surface area contributed by atoms with Crippen molar-refractivity contribution in [3.8, 4) is 0 Å². The maximum Gasteiger partial charge on any atom is 0.235 e. The molecule has 0 aromatic heterocycles. The summed E-state index contributed by atoms with van der Waals surface area (Å²) in [5, 5.41) is 0. The van der Waals surface area contributed by atoms with Gasteiger partial charge in [-0.05, 0) is 17.5 Å². The maximum atomic E-state index is 10.8. The van der Waals surface area contributed by atoms with Gasteiger partial charge in [-0.1, -0.05) is 60.7 Å². The van der Waals surface area contributed by atoms with Gasteiger partial charge in [-0.2, -0.15) is 0 Å². The van der Waals surface area contributed by atoms with E-state index in [1.165, 1.54) is 6.08 Å². The van der Waals surface area contributed by atoms with Gasteiger partial charge in [0.15, 0.2) is 0 Å². The van der Waals surface area contributed by atoms with Crippen LogP contribution in [0.15, 0.2) is 70.6 Å². The van der Waals surface area contributed by atoms with Crippen LogP contribution in [0.5, 0.6) is 0 Å². The molecule has 2 rings (SSSR count). The summed E-state index contributed by atoms with van der Waals surface area (Å²) < 4.78 is 0. The maximum absolute atomic E-state index is 10.8. The number of isocyanates is 2. The quantitative estimate of drug-likeness (QED) is 0.581. The van der Waals surface area contributed by atoms with E-state index in [0.29, 0.717) is 6.42 Å². The molecular formula is C18H16N2O2. The Balaban J connectivity index is 2.41. The van der Waals surface area contributed by atoms with Crippen LogP contribution in [-0.2, 0) is 9.59 Å². The SMILES string of the molecule is O=C=NCCC(N=C=O)C(c1ccccc1)c1ccccc1. The molecule has 0 aliphatic heterocycles. The molecule has 0 radical (unpaired) electrons. The van der Waals surface area contributed by atoms with Crippen molar-refractivity contribution in [2.75, 3.05) is 6.54 Å². The number of nitrogens with zero attached hydrogens (tertiary/aromatic N) is 2. The Morgan fingerprint density at radius 2 is 1.36 bits per heavy atom. The highest BCUT2D eigenvalue weighted by atomic mass is 16.1. The number of benzene rings is 2. The summed E-state index contributed by atoms with van der Waals surface area (Å²) in [5.74, 6) is -0.0781. The van der Waals surface area contributed by atoms with Gasteiger partial charge in [0.25, 0.3) is 0 Å². The Hall–Kier alpha value is -2.80. The molecule has 0 saturated carbocycles. The van der Waals surface area contributed by atoms with Gasteiger partial charge in [-0.15, -0.1) is 0 Å². The summed E-state index contributed by atoms with van der Waals surface area (Å²) in [6, 6.07) is 19.4. The Kier molecular flexibility index (Phi) is 6.01. The second-order valence-electron chi connectivity index (χ2n) is 4.85. The van der Waals surface area contributed by atoms with Crippen LogP contribution in [0.4, 0.5) is 0 Å². The molecule has 1 unspecified atom stereocenters. The number of rotatable bonds is 7. The lowest BCUT2D eigenvalue weighted by molar-refractivity contribution is 0.528. The van der Waals surface area contributed by atoms with E-state index in [-0.39, 0.29) is 18.5 Å². The number of hydrogen-bond acceptors (Lipinski definition) is 4. The molecule has 110 valence electrons. The van der Waals surface area contributed by atoms with Gasteiger partial charge in [0.1, 0.15) is 0 Å². The van der Waals surface area contributed by atoms with E-state index in [1.807, 2.05) is 60.7 Å². The molecule has 0 heterocycles. The molecule has 0 saturated heterocycles. The summed E-state index contributed by atoms with van der Waals surface area (Å²) in [7, 11) is 0. The van der Waals surface area contributed by atoms with Crippen LogP contribution < -0.4 is 0 Å². The molecule has 22 heavy (non-hydrogen) atoms. The highest BCUT2D eigenvalue weighted by Crippen LogP contribution is 2.31. The first-order valence-electron chi connectivity index (χ1n) is 7.07. The van der Waals surface area contributed by atoms with E-state index in [4.69, 9.17) is 0 Å². The molecule has 2 aromatic carbocycles. The van der Waals surface area contributed by atoms with Crippen LogP contribution in [0.1, 0.15) is 23.5 Å². The van der Waals surface area contributed by atoms with E-state index in [9.17, 15) is 9.59 Å². The molecule has 0 aliphatic rings. The topological polar surface area (TPSA) is 58.9 Å². The van der Waals surface area contributed by atoms with Crippen molar-refractivity contribution in [2.45, 2.75) is 18.4 Å². The molecule has 0 aliphatic carbocycles. The van der Waals surface area contributed by atoms with Crippen LogP contribution >= 0.6 is 0 Å². The van der Waals surface area contributed by atoms with Crippen molar-refractivity contribution in [3.05, 3.63) is 71.8 Å². The molecule has 0 N–H and O–H groups in total. The van der Waals surface area contributed by atoms with Crippen LogP contribution in [0.2, 0.25) is 0 Å². The first-order chi connectivity index (χ1) is 10.9. The molecule has 2 aromatic rings. The van der Waals surface area contributed by atoms with Crippen LogP contribution in [0, 0.1) is 0 Å². The number of aliphatic imine (C=N–C) groups is 2. The molecule has 1 atom stereocenters. The molecule has 0 fully saturated rings. The van der Waals surface area contributed by atoms with Gasteiger partial charge in [0.2, 0.25) is 12.2 Å². The van der Waals surface area contributed by atoms with Gasteiger partial charge in [0.05, 0.1) is 12.6 Å². The van der Waals surface area contributed by atoms with Crippen molar-refractivity contribution < 1.29 is 9.59 Å². The van der Waals surface area contributed by atoms with E-state index in [2.05, 4.69) is 9.98 Å². The predicted octanol–water partition coefficient (Wildman–Crippen LogP) is 3.25. The molecule has 4 heteroatoms. The molecule has 4 nitrogen and oxygen atoms in total. The second kappa shape index (κ2) is 8.48. The third kappa shape index (κ3) is 4.10. The van der Waals surface area contributed by atoms with Gasteiger partial charge in [-0.3, -0.25) is 0 Å². The molecule has 0 spiro atoms. The van der Waals surface area contributed by atoms with E-state index < -0.39 is 0 Å². The Morgan fingerprint density at radius 3 is 1.82 bits per heavy atom. The van der Waals surface area contributed by atoms with E-state index >= 15 is 0 Å². The van der Waals surface area contributed by atoms with Crippen molar-refractivity contribution in [1.29, 1.82) is 0 Å². The Labute approximate surface area is 129 Å². The van der Waals surface area contributed by atoms with E-state index in [1.54, 1.807) is 6.08 Å².